The van der Waals surface area contributed by atoms with E-state index in [1.54, 1.807) is 13.2 Å². The summed E-state index contributed by atoms with van der Waals surface area (Å²) in [5, 5.41) is 0. The van der Waals surface area contributed by atoms with Crippen LogP contribution in [0.25, 0.3) is 0 Å². The van der Waals surface area contributed by atoms with Crippen LogP contribution in [0.4, 0.5) is 0 Å². The molecule has 3 heteroatoms. The highest BCUT2D eigenvalue weighted by Gasteiger charge is 1.95. The topological polar surface area (TPSA) is 35.5 Å². The predicted octanol–water partition coefficient (Wildman–Crippen LogP) is 1.14. The molecule has 0 rings (SSSR count). The standard InChI is InChI=1S/C8H14O3/c1-7(10-2)5-4-6-8(9)11-3/h4,6-7H,5H2,1-3H3. The molecular formula is C8H14O3. The molecule has 0 aliphatic heterocycles. The first-order valence-electron chi connectivity index (χ1n) is 3.48. The lowest BCUT2D eigenvalue weighted by atomic mass is 10.2. The maximum absolute atomic E-state index is 10.5. The van der Waals surface area contributed by atoms with Crippen LogP contribution in [0.5, 0.6) is 0 Å². The molecule has 0 fully saturated rings. The number of carbonyl (C=O) groups excluding carboxylic acids is 1. The zero-order valence-electron chi connectivity index (χ0n) is 7.16. The van der Waals surface area contributed by atoms with Crippen LogP contribution in [0.3, 0.4) is 0 Å². The second-order valence-corrected chi connectivity index (χ2v) is 2.21. The summed E-state index contributed by atoms with van der Waals surface area (Å²) in [7, 11) is 2.99. The maximum atomic E-state index is 10.5. The fourth-order valence-corrected chi connectivity index (χ4v) is 0.520. The van der Waals surface area contributed by atoms with Gasteiger partial charge in [-0.05, 0) is 13.3 Å². The van der Waals surface area contributed by atoms with Crippen molar-refractivity contribution in [2.24, 2.45) is 0 Å². The summed E-state index contributed by atoms with van der Waals surface area (Å²) in [6.45, 7) is 1.93. The molecule has 0 saturated carbocycles. The number of hydrogen-bond donors (Lipinski definition) is 0. The molecule has 0 aromatic heterocycles. The van der Waals surface area contributed by atoms with Gasteiger partial charge < -0.3 is 9.47 Å². The number of carbonyl (C=O) groups is 1. The van der Waals surface area contributed by atoms with Crippen LogP contribution in [0.1, 0.15) is 13.3 Å². The van der Waals surface area contributed by atoms with Crippen LogP contribution in [0.2, 0.25) is 0 Å². The molecule has 1 unspecified atom stereocenters. The van der Waals surface area contributed by atoms with Crippen LogP contribution in [0.15, 0.2) is 12.2 Å². The van der Waals surface area contributed by atoms with Gasteiger partial charge in [0.15, 0.2) is 0 Å². The van der Waals surface area contributed by atoms with Gasteiger partial charge in [-0.3, -0.25) is 0 Å². The third-order valence-electron chi connectivity index (χ3n) is 1.33. The van der Waals surface area contributed by atoms with Gasteiger partial charge in [-0.2, -0.15) is 0 Å². The Morgan fingerprint density at radius 3 is 2.64 bits per heavy atom. The summed E-state index contributed by atoms with van der Waals surface area (Å²) in [6.07, 6.45) is 4.01. The first-order valence-corrected chi connectivity index (χ1v) is 3.48. The van der Waals surface area contributed by atoms with E-state index in [2.05, 4.69) is 4.74 Å². The van der Waals surface area contributed by atoms with Crippen molar-refractivity contribution in [2.45, 2.75) is 19.4 Å². The minimum atomic E-state index is -0.326. The smallest absolute Gasteiger partial charge is 0.330 e. The third-order valence-corrected chi connectivity index (χ3v) is 1.33. The monoisotopic (exact) mass is 158 g/mol. The third kappa shape index (κ3) is 5.61. The van der Waals surface area contributed by atoms with Gasteiger partial charge in [0.25, 0.3) is 0 Å². The Kier molecular flexibility index (Phi) is 5.47. The first kappa shape index (κ1) is 10.2. The van der Waals surface area contributed by atoms with Crippen molar-refractivity contribution in [1.82, 2.24) is 0 Å². The van der Waals surface area contributed by atoms with E-state index < -0.39 is 0 Å². The van der Waals surface area contributed by atoms with Crippen molar-refractivity contribution in [3.05, 3.63) is 12.2 Å². The summed E-state index contributed by atoms with van der Waals surface area (Å²) in [5.41, 5.74) is 0. The predicted molar refractivity (Wildman–Crippen MR) is 42.2 cm³/mol. The Morgan fingerprint density at radius 1 is 1.55 bits per heavy atom. The lowest BCUT2D eigenvalue weighted by molar-refractivity contribution is -0.134. The molecule has 0 bridgehead atoms. The number of rotatable bonds is 4. The molecule has 11 heavy (non-hydrogen) atoms. The van der Waals surface area contributed by atoms with Crippen LogP contribution < -0.4 is 0 Å². The molecule has 0 aliphatic carbocycles. The fourth-order valence-electron chi connectivity index (χ4n) is 0.520. The molecule has 0 radical (unpaired) electrons. The lowest BCUT2D eigenvalue weighted by Crippen LogP contribution is -2.02. The van der Waals surface area contributed by atoms with Gasteiger partial charge in [-0.15, -0.1) is 0 Å². The summed E-state index contributed by atoms with van der Waals surface area (Å²) in [6, 6.07) is 0. The van der Waals surface area contributed by atoms with E-state index in [-0.39, 0.29) is 12.1 Å². The second-order valence-electron chi connectivity index (χ2n) is 2.21. The Bertz CT molecular complexity index is 140. The molecule has 0 N–H and O–H groups in total. The average Bonchev–Trinajstić information content (AvgIpc) is 2.04. The zero-order valence-corrected chi connectivity index (χ0v) is 7.16. The van der Waals surface area contributed by atoms with Crippen molar-refractivity contribution in [2.75, 3.05) is 14.2 Å². The van der Waals surface area contributed by atoms with Crippen molar-refractivity contribution in [3.8, 4) is 0 Å². The maximum Gasteiger partial charge on any atom is 0.330 e. The van der Waals surface area contributed by atoms with Gasteiger partial charge in [0, 0.05) is 13.2 Å². The van der Waals surface area contributed by atoms with Gasteiger partial charge >= 0.3 is 5.97 Å². The molecule has 0 aromatic carbocycles. The minimum Gasteiger partial charge on any atom is -0.466 e. The van der Waals surface area contributed by atoms with Gasteiger partial charge in [-0.25, -0.2) is 4.79 Å². The molecule has 0 heterocycles. The Labute approximate surface area is 67.0 Å². The molecule has 0 amide bonds. The number of methoxy groups -OCH3 is 2. The van der Waals surface area contributed by atoms with Crippen molar-refractivity contribution >= 4 is 5.97 Å². The van der Waals surface area contributed by atoms with Gasteiger partial charge in [0.05, 0.1) is 13.2 Å². The van der Waals surface area contributed by atoms with Crippen molar-refractivity contribution < 1.29 is 14.3 Å². The van der Waals surface area contributed by atoms with Crippen LogP contribution in [0, 0.1) is 0 Å². The summed E-state index contributed by atoms with van der Waals surface area (Å²) in [5.74, 6) is -0.326. The quantitative estimate of drug-likeness (QED) is 0.454. The Hall–Kier alpha value is -0.830. The molecular weight excluding hydrogens is 144 g/mol. The van der Waals surface area contributed by atoms with E-state index in [0.29, 0.717) is 0 Å². The van der Waals surface area contributed by atoms with Gasteiger partial charge in [0.2, 0.25) is 0 Å². The number of hydrogen-bond acceptors (Lipinski definition) is 3. The lowest BCUT2D eigenvalue weighted by Gasteiger charge is -2.03. The van der Waals surface area contributed by atoms with Crippen LogP contribution in [-0.4, -0.2) is 26.3 Å². The molecule has 0 aliphatic rings. The largest absolute Gasteiger partial charge is 0.466 e. The summed E-state index contributed by atoms with van der Waals surface area (Å²) in [4.78, 5) is 10.5. The molecule has 64 valence electrons. The average molecular weight is 158 g/mol. The zero-order chi connectivity index (χ0) is 8.69. The first-order chi connectivity index (χ1) is 5.20. The van der Waals surface area contributed by atoms with Crippen molar-refractivity contribution in [3.63, 3.8) is 0 Å². The number of ether oxygens (including phenoxy) is 2. The van der Waals surface area contributed by atoms with Gasteiger partial charge in [-0.1, -0.05) is 6.08 Å². The summed E-state index contributed by atoms with van der Waals surface area (Å²) < 4.78 is 9.36. The molecule has 3 nitrogen and oxygen atoms in total. The molecule has 0 aromatic rings. The van der Waals surface area contributed by atoms with Crippen LogP contribution >= 0.6 is 0 Å². The molecule has 1 atom stereocenters. The highest BCUT2D eigenvalue weighted by molar-refractivity contribution is 5.81. The summed E-state index contributed by atoms with van der Waals surface area (Å²) >= 11 is 0. The fraction of sp³-hybridized carbons (Fsp3) is 0.625. The van der Waals surface area contributed by atoms with Crippen molar-refractivity contribution in [1.29, 1.82) is 0 Å². The highest BCUT2D eigenvalue weighted by atomic mass is 16.5. The molecule has 0 spiro atoms. The normalized spacial score (nSPS) is 13.4. The highest BCUT2D eigenvalue weighted by Crippen LogP contribution is 1.95. The van der Waals surface area contributed by atoms with E-state index in [1.807, 2.05) is 6.92 Å². The second kappa shape index (κ2) is 5.92. The SMILES string of the molecule is COC(=O)C=CCC(C)OC. The minimum absolute atomic E-state index is 0.149. The van der Waals surface area contributed by atoms with Crippen LogP contribution in [-0.2, 0) is 14.3 Å². The Morgan fingerprint density at radius 2 is 2.18 bits per heavy atom. The Balaban J connectivity index is 3.51. The molecule has 0 saturated heterocycles. The van der Waals surface area contributed by atoms with E-state index in [4.69, 9.17) is 4.74 Å². The van der Waals surface area contributed by atoms with E-state index >= 15 is 0 Å². The van der Waals surface area contributed by atoms with E-state index in [9.17, 15) is 4.79 Å². The van der Waals surface area contributed by atoms with Gasteiger partial charge in [0.1, 0.15) is 0 Å². The van der Waals surface area contributed by atoms with E-state index in [0.717, 1.165) is 6.42 Å². The number of esters is 1. The van der Waals surface area contributed by atoms with E-state index in [1.165, 1.54) is 13.2 Å².